The molecule has 4 fully saturated rings. The van der Waals surface area contributed by atoms with Crippen LogP contribution >= 0.6 is 0 Å². The molecule has 0 spiro atoms. The van der Waals surface area contributed by atoms with Crippen molar-refractivity contribution in [2.45, 2.75) is 57.4 Å². The van der Waals surface area contributed by atoms with E-state index in [2.05, 4.69) is 10.6 Å². The smallest absolute Gasteiger partial charge is 0.303 e. The maximum absolute atomic E-state index is 13.2. The molecule has 2 aromatic carbocycles. The summed E-state index contributed by atoms with van der Waals surface area (Å²) in [5.41, 5.74) is 2.79. The Kier molecular flexibility index (Phi) is 7.97. The number of carbonyl (C=O) groups excluding carboxylic acids is 3. The second kappa shape index (κ2) is 11.4. The van der Waals surface area contributed by atoms with Crippen LogP contribution in [0.5, 0.6) is 0 Å². The van der Waals surface area contributed by atoms with Gasteiger partial charge in [-0.15, -0.1) is 0 Å². The molecule has 212 valence electrons. The van der Waals surface area contributed by atoms with Crippen LogP contribution in [0.1, 0.15) is 72.1 Å². The lowest BCUT2D eigenvalue weighted by atomic mass is 9.49. The number of nitrogens with zero attached hydrogens (tertiary/aromatic N) is 1. The van der Waals surface area contributed by atoms with Gasteiger partial charge in [0.2, 0.25) is 5.91 Å². The first-order valence-electron chi connectivity index (χ1n) is 14.3. The number of carbonyl (C=O) groups is 4. The minimum atomic E-state index is -1.01. The predicted molar refractivity (Wildman–Crippen MR) is 152 cm³/mol. The van der Waals surface area contributed by atoms with Crippen LogP contribution in [0.4, 0.5) is 0 Å². The number of carboxylic acid groups (broad SMARTS) is 1. The number of hydrogen-bond donors (Lipinski definition) is 3. The standard InChI is InChI=1S/C32H39N3O5/c1-35(2)31(40)26-5-3-4-25(15-26)23-6-8-24(9-7-23)29(38)34-27(10-11-28(36)37)30(39)33-19-32-16-20-12-21(17-32)14-22(13-20)18-32/h3-9,15,20-22,27H,10-14,16-19H2,1-2H3,(H,33,39)(H,34,38)(H,36,37)/t20?,21?,22?,27-,32?/m0/s1. The van der Waals surface area contributed by atoms with Crippen molar-refractivity contribution in [2.75, 3.05) is 20.6 Å². The van der Waals surface area contributed by atoms with Gasteiger partial charge in [0, 0.05) is 38.2 Å². The van der Waals surface area contributed by atoms with Gasteiger partial charge in [0.1, 0.15) is 6.04 Å². The van der Waals surface area contributed by atoms with Gasteiger partial charge >= 0.3 is 5.97 Å². The van der Waals surface area contributed by atoms with Gasteiger partial charge in [0.05, 0.1) is 0 Å². The average Bonchev–Trinajstić information content (AvgIpc) is 2.92. The third kappa shape index (κ3) is 6.21. The van der Waals surface area contributed by atoms with Gasteiger partial charge in [0.15, 0.2) is 0 Å². The van der Waals surface area contributed by atoms with Gasteiger partial charge < -0.3 is 20.6 Å². The van der Waals surface area contributed by atoms with E-state index in [0.29, 0.717) is 17.7 Å². The molecular formula is C32H39N3O5. The largest absolute Gasteiger partial charge is 0.481 e. The Hall–Kier alpha value is -3.68. The Balaban J connectivity index is 1.23. The molecule has 8 nitrogen and oxygen atoms in total. The first kappa shape index (κ1) is 27.9. The molecule has 0 heterocycles. The van der Waals surface area contributed by atoms with Crippen LogP contribution in [0.2, 0.25) is 0 Å². The van der Waals surface area contributed by atoms with Crippen molar-refractivity contribution in [2.24, 2.45) is 23.2 Å². The second-order valence-corrected chi connectivity index (χ2v) is 12.5. The number of hydrogen-bond acceptors (Lipinski definition) is 4. The highest BCUT2D eigenvalue weighted by molar-refractivity contribution is 5.98. The van der Waals surface area contributed by atoms with Crippen molar-refractivity contribution >= 4 is 23.7 Å². The summed E-state index contributed by atoms with van der Waals surface area (Å²) in [5, 5.41) is 15.1. The Morgan fingerprint density at radius 2 is 1.52 bits per heavy atom. The van der Waals surface area contributed by atoms with E-state index >= 15 is 0 Å². The molecule has 0 radical (unpaired) electrons. The lowest BCUT2D eigenvalue weighted by Gasteiger charge is -2.57. The van der Waals surface area contributed by atoms with E-state index in [4.69, 9.17) is 0 Å². The van der Waals surface area contributed by atoms with Crippen molar-refractivity contribution in [3.63, 3.8) is 0 Å². The molecule has 4 saturated carbocycles. The summed E-state index contributed by atoms with van der Waals surface area (Å²) in [7, 11) is 3.41. The summed E-state index contributed by atoms with van der Waals surface area (Å²) in [6.45, 7) is 0.596. The molecule has 1 atom stereocenters. The maximum Gasteiger partial charge on any atom is 0.303 e. The zero-order valence-corrected chi connectivity index (χ0v) is 23.3. The van der Waals surface area contributed by atoms with Gasteiger partial charge in [0.25, 0.3) is 11.8 Å². The number of amides is 3. The number of nitrogens with one attached hydrogen (secondary N) is 2. The normalized spacial score (nSPS) is 25.2. The fourth-order valence-electron chi connectivity index (χ4n) is 7.59. The third-order valence-electron chi connectivity index (χ3n) is 9.07. The molecule has 4 aliphatic carbocycles. The predicted octanol–water partition coefficient (Wildman–Crippen LogP) is 4.35. The number of benzene rings is 2. The third-order valence-corrected chi connectivity index (χ3v) is 9.07. The van der Waals surface area contributed by atoms with E-state index < -0.39 is 17.9 Å². The van der Waals surface area contributed by atoms with Crippen molar-refractivity contribution in [3.05, 3.63) is 59.7 Å². The molecule has 0 unspecified atom stereocenters. The number of carboxylic acids is 1. The topological polar surface area (TPSA) is 116 Å². The van der Waals surface area contributed by atoms with E-state index in [9.17, 15) is 24.3 Å². The fourth-order valence-corrected chi connectivity index (χ4v) is 7.59. The molecule has 0 aromatic heterocycles. The molecule has 6 rings (SSSR count). The molecule has 8 heteroatoms. The molecule has 3 amide bonds. The summed E-state index contributed by atoms with van der Waals surface area (Å²) < 4.78 is 0. The summed E-state index contributed by atoms with van der Waals surface area (Å²) in [6, 6.07) is 13.3. The SMILES string of the molecule is CN(C)C(=O)c1cccc(-c2ccc(C(=O)N[C@@H](CCC(=O)O)C(=O)NCC34CC5CC(CC(C5)C3)C4)cc2)c1. The first-order chi connectivity index (χ1) is 19.1. The molecule has 4 bridgehead atoms. The summed E-state index contributed by atoms with van der Waals surface area (Å²) in [4.78, 5) is 51.5. The average molecular weight is 546 g/mol. The quantitative estimate of drug-likeness (QED) is 0.411. The van der Waals surface area contributed by atoms with E-state index in [0.717, 1.165) is 48.1 Å². The summed E-state index contributed by atoms with van der Waals surface area (Å²) in [5.74, 6) is 0.464. The second-order valence-electron chi connectivity index (χ2n) is 12.5. The van der Waals surface area contributed by atoms with Gasteiger partial charge in [-0.25, -0.2) is 0 Å². The Morgan fingerprint density at radius 1 is 0.900 bits per heavy atom. The monoisotopic (exact) mass is 545 g/mol. The van der Waals surface area contributed by atoms with Crippen molar-refractivity contribution in [1.29, 1.82) is 0 Å². The summed E-state index contributed by atoms with van der Waals surface area (Å²) >= 11 is 0. The lowest BCUT2D eigenvalue weighted by molar-refractivity contribution is -0.137. The van der Waals surface area contributed by atoms with Crippen molar-refractivity contribution < 1.29 is 24.3 Å². The van der Waals surface area contributed by atoms with Crippen LogP contribution in [0.25, 0.3) is 11.1 Å². The molecule has 40 heavy (non-hydrogen) atoms. The Morgan fingerprint density at radius 3 is 2.10 bits per heavy atom. The van der Waals surface area contributed by atoms with Crippen LogP contribution in [0.15, 0.2) is 48.5 Å². The van der Waals surface area contributed by atoms with Crippen molar-refractivity contribution in [3.8, 4) is 11.1 Å². The molecule has 0 aliphatic heterocycles. The van der Waals surface area contributed by atoms with Gasteiger partial charge in [-0.3, -0.25) is 19.2 Å². The fraction of sp³-hybridized carbons (Fsp3) is 0.500. The Bertz CT molecular complexity index is 1250. The zero-order chi connectivity index (χ0) is 28.4. The van der Waals surface area contributed by atoms with Crippen LogP contribution in [0.3, 0.4) is 0 Å². The maximum atomic E-state index is 13.2. The van der Waals surface area contributed by atoms with Crippen LogP contribution in [-0.2, 0) is 9.59 Å². The highest BCUT2D eigenvalue weighted by Crippen LogP contribution is 2.59. The van der Waals surface area contributed by atoms with E-state index in [1.807, 2.05) is 18.2 Å². The van der Waals surface area contributed by atoms with Gasteiger partial charge in [-0.05, 0) is 104 Å². The molecule has 3 N–H and O–H groups in total. The van der Waals surface area contributed by atoms with E-state index in [1.54, 1.807) is 44.4 Å². The van der Waals surface area contributed by atoms with Gasteiger partial charge in [-0.2, -0.15) is 0 Å². The van der Waals surface area contributed by atoms with E-state index in [-0.39, 0.29) is 30.1 Å². The minimum Gasteiger partial charge on any atom is -0.481 e. The molecule has 4 aliphatic rings. The molecular weight excluding hydrogens is 506 g/mol. The summed E-state index contributed by atoms with van der Waals surface area (Å²) in [6.07, 6.45) is 7.25. The zero-order valence-electron chi connectivity index (χ0n) is 23.3. The lowest BCUT2D eigenvalue weighted by Crippen LogP contribution is -2.54. The van der Waals surface area contributed by atoms with Crippen LogP contribution < -0.4 is 10.6 Å². The molecule has 2 aromatic rings. The first-order valence-corrected chi connectivity index (χ1v) is 14.3. The highest BCUT2D eigenvalue weighted by Gasteiger charge is 2.50. The minimum absolute atomic E-state index is 0.0264. The Labute approximate surface area is 235 Å². The van der Waals surface area contributed by atoms with E-state index in [1.165, 1.54) is 24.2 Å². The highest BCUT2D eigenvalue weighted by atomic mass is 16.4. The van der Waals surface area contributed by atoms with Crippen LogP contribution in [0, 0.1) is 23.2 Å². The van der Waals surface area contributed by atoms with Crippen molar-refractivity contribution in [1.82, 2.24) is 15.5 Å². The van der Waals surface area contributed by atoms with Crippen LogP contribution in [-0.4, -0.2) is 60.4 Å². The molecule has 0 saturated heterocycles. The number of rotatable bonds is 10. The van der Waals surface area contributed by atoms with Gasteiger partial charge in [-0.1, -0.05) is 24.3 Å². The number of aliphatic carboxylic acids is 1.